The Morgan fingerprint density at radius 2 is 1.50 bits per heavy atom. The monoisotopic (exact) mass is 322 g/mol. The van der Waals surface area contributed by atoms with Gasteiger partial charge in [0.25, 0.3) is 0 Å². The Kier molecular flexibility index (Phi) is 4.60. The molecule has 0 unspecified atom stereocenters. The number of hydrogen-bond acceptors (Lipinski definition) is 3. The molecule has 0 aromatic carbocycles. The van der Waals surface area contributed by atoms with Crippen LogP contribution < -0.4 is 8.97 Å². The van der Waals surface area contributed by atoms with E-state index in [-0.39, 0.29) is 0 Å². The molecule has 0 bridgehead atoms. The lowest BCUT2D eigenvalue weighted by Crippen LogP contribution is -2.59. The predicted molar refractivity (Wildman–Crippen MR) is 80.1 cm³/mol. The van der Waals surface area contributed by atoms with Gasteiger partial charge < -0.3 is 8.97 Å². The number of hydrogen-bond donors (Lipinski definition) is 0. The lowest BCUT2D eigenvalue weighted by molar-refractivity contribution is -0.276. The lowest BCUT2D eigenvalue weighted by Gasteiger charge is -2.45. The highest BCUT2D eigenvalue weighted by Crippen LogP contribution is 2.29. The summed E-state index contributed by atoms with van der Waals surface area (Å²) >= 11 is 0. The first-order chi connectivity index (χ1) is 8.81. The first-order valence-electron chi connectivity index (χ1n) is 6.33. The highest BCUT2D eigenvalue weighted by molar-refractivity contribution is 6.99. The fourth-order valence-corrected chi connectivity index (χ4v) is 12.3. The number of pyridine rings is 1. The first-order valence-corrected chi connectivity index (χ1v) is 13.2. The van der Waals surface area contributed by atoms with Gasteiger partial charge >= 0.3 is 6.36 Å². The molecule has 0 N–H and O–H groups in total. The minimum absolute atomic E-state index is 0.424. The number of alkyl halides is 3. The van der Waals surface area contributed by atoms with Crippen molar-refractivity contribution in [3.8, 4) is 5.88 Å². The van der Waals surface area contributed by atoms with Crippen molar-refractivity contribution in [1.82, 2.24) is 4.98 Å². The number of ether oxygens (including phenoxy) is 1. The highest BCUT2D eigenvalue weighted by Gasteiger charge is 2.35. The summed E-state index contributed by atoms with van der Waals surface area (Å²) in [5.41, 5.74) is 0.873. The van der Waals surface area contributed by atoms with Crippen molar-refractivity contribution in [3.63, 3.8) is 0 Å². The first kappa shape index (κ1) is 17.0. The van der Waals surface area contributed by atoms with Crippen LogP contribution in [0.2, 0.25) is 39.3 Å². The van der Waals surface area contributed by atoms with Gasteiger partial charge in [-0.15, -0.1) is 13.2 Å². The second-order valence-corrected chi connectivity index (χ2v) is 16.6. The quantitative estimate of drug-likeness (QED) is 0.766. The van der Waals surface area contributed by atoms with Gasteiger partial charge in [0.2, 0.25) is 5.88 Å². The van der Waals surface area contributed by atoms with Crippen LogP contribution in [0, 0.1) is 0 Å². The van der Waals surface area contributed by atoms with Crippen LogP contribution in [0.4, 0.5) is 18.9 Å². The van der Waals surface area contributed by atoms with E-state index in [2.05, 4.69) is 53.2 Å². The van der Waals surface area contributed by atoms with Crippen LogP contribution in [0.1, 0.15) is 0 Å². The Labute approximate surface area is 119 Å². The van der Waals surface area contributed by atoms with Crippen LogP contribution in [-0.4, -0.2) is 27.8 Å². The average molecular weight is 322 g/mol. The van der Waals surface area contributed by atoms with E-state index in [1.807, 2.05) is 0 Å². The molecule has 0 saturated carbocycles. The molecule has 0 aliphatic carbocycles. The van der Waals surface area contributed by atoms with E-state index in [9.17, 15) is 13.2 Å². The van der Waals surface area contributed by atoms with Crippen molar-refractivity contribution >= 4 is 22.2 Å². The average Bonchev–Trinajstić information content (AvgIpc) is 2.14. The zero-order valence-corrected chi connectivity index (χ0v) is 14.7. The van der Waals surface area contributed by atoms with Gasteiger partial charge in [-0.1, -0.05) is 39.3 Å². The molecule has 1 rings (SSSR count). The fourth-order valence-electron chi connectivity index (χ4n) is 2.46. The number of rotatable bonds is 4. The molecule has 1 heterocycles. The zero-order chi connectivity index (χ0) is 15.8. The second kappa shape index (κ2) is 5.40. The largest absolute Gasteiger partial charge is 0.574 e. The standard InChI is InChI=1S/C12H21F3N2OSi2/c1-19(2,3)17(20(4,5)6)10-7-8-11(16-9-10)18-12(13,14)15/h7-9H,1-6H3. The minimum atomic E-state index is -4.70. The van der Waals surface area contributed by atoms with E-state index in [0.717, 1.165) is 5.69 Å². The molecule has 8 heteroatoms. The maximum atomic E-state index is 12.1. The minimum Gasteiger partial charge on any atom is -0.423 e. The van der Waals surface area contributed by atoms with Crippen molar-refractivity contribution in [2.75, 3.05) is 4.23 Å². The molecule has 0 fully saturated rings. The van der Waals surface area contributed by atoms with Crippen molar-refractivity contribution in [3.05, 3.63) is 18.3 Å². The van der Waals surface area contributed by atoms with Gasteiger partial charge in [-0.05, 0) is 6.07 Å². The molecule has 0 saturated heterocycles. The molecule has 0 aliphatic heterocycles. The molecule has 0 amide bonds. The van der Waals surface area contributed by atoms with Crippen molar-refractivity contribution in [2.45, 2.75) is 45.6 Å². The number of nitrogens with zero attached hydrogens (tertiary/aromatic N) is 2. The van der Waals surface area contributed by atoms with Crippen molar-refractivity contribution in [2.24, 2.45) is 0 Å². The Morgan fingerprint density at radius 3 is 1.80 bits per heavy atom. The van der Waals surface area contributed by atoms with E-state index in [1.165, 1.54) is 12.3 Å². The molecule has 20 heavy (non-hydrogen) atoms. The van der Waals surface area contributed by atoms with Gasteiger partial charge in [-0.3, -0.25) is 0 Å². The molecule has 1 aromatic heterocycles. The summed E-state index contributed by atoms with van der Waals surface area (Å²) in [6, 6.07) is 2.93. The summed E-state index contributed by atoms with van der Waals surface area (Å²) in [7, 11) is -3.27. The molecule has 0 aliphatic rings. The normalized spacial score (nSPS) is 13.2. The summed E-state index contributed by atoms with van der Waals surface area (Å²) in [4.78, 5) is 3.77. The molecule has 3 nitrogen and oxygen atoms in total. The molecular formula is C12H21F3N2OSi2. The Morgan fingerprint density at radius 1 is 1.00 bits per heavy atom. The van der Waals surface area contributed by atoms with Crippen LogP contribution in [0.3, 0.4) is 0 Å². The van der Waals surface area contributed by atoms with Gasteiger partial charge in [0.05, 0.1) is 6.20 Å². The van der Waals surface area contributed by atoms with Crippen LogP contribution in [0.25, 0.3) is 0 Å². The Hall–Kier alpha value is -1.03. The Bertz CT molecular complexity index is 436. The maximum absolute atomic E-state index is 12.1. The summed E-state index contributed by atoms with van der Waals surface area (Å²) in [6.07, 6.45) is -3.23. The second-order valence-electron chi connectivity index (χ2n) is 6.58. The topological polar surface area (TPSA) is 25.4 Å². The molecule has 0 spiro atoms. The Balaban J connectivity index is 3.07. The molecular weight excluding hydrogens is 301 g/mol. The van der Waals surface area contributed by atoms with Gasteiger partial charge in [-0.2, -0.15) is 0 Å². The number of anilines is 1. The fraction of sp³-hybridized carbons (Fsp3) is 0.583. The smallest absolute Gasteiger partial charge is 0.423 e. The van der Waals surface area contributed by atoms with Crippen molar-refractivity contribution < 1.29 is 17.9 Å². The molecule has 0 radical (unpaired) electrons. The van der Waals surface area contributed by atoms with E-state index < -0.39 is 28.7 Å². The number of aromatic nitrogens is 1. The highest BCUT2D eigenvalue weighted by atomic mass is 28.4. The lowest BCUT2D eigenvalue weighted by atomic mass is 10.4. The van der Waals surface area contributed by atoms with Gasteiger partial charge in [0, 0.05) is 11.8 Å². The van der Waals surface area contributed by atoms with Crippen LogP contribution in [0.5, 0.6) is 5.88 Å². The SMILES string of the molecule is C[Si](C)(C)N(c1ccc(OC(F)(F)F)nc1)[Si](C)(C)C. The van der Waals surface area contributed by atoms with Gasteiger partial charge in [0.15, 0.2) is 0 Å². The van der Waals surface area contributed by atoms with Crippen LogP contribution >= 0.6 is 0 Å². The number of halogens is 3. The van der Waals surface area contributed by atoms with Crippen LogP contribution in [-0.2, 0) is 0 Å². The van der Waals surface area contributed by atoms with E-state index >= 15 is 0 Å². The molecule has 114 valence electrons. The van der Waals surface area contributed by atoms with E-state index in [4.69, 9.17) is 0 Å². The molecule has 0 atom stereocenters. The third-order valence-electron chi connectivity index (χ3n) is 2.54. The third kappa shape index (κ3) is 4.82. The van der Waals surface area contributed by atoms with E-state index in [0.29, 0.717) is 0 Å². The summed E-state index contributed by atoms with van der Waals surface area (Å²) in [5, 5.41) is 0. The van der Waals surface area contributed by atoms with Crippen LogP contribution in [0.15, 0.2) is 18.3 Å². The third-order valence-corrected chi connectivity index (χ3v) is 9.77. The summed E-state index contributed by atoms with van der Waals surface area (Å²) in [5.74, 6) is -0.424. The van der Waals surface area contributed by atoms with Gasteiger partial charge in [-0.25, -0.2) is 4.98 Å². The predicted octanol–water partition coefficient (Wildman–Crippen LogP) is 4.46. The van der Waals surface area contributed by atoms with E-state index in [1.54, 1.807) is 6.07 Å². The van der Waals surface area contributed by atoms with Crippen molar-refractivity contribution in [1.29, 1.82) is 0 Å². The van der Waals surface area contributed by atoms with Gasteiger partial charge in [0.1, 0.15) is 16.5 Å². The molecule has 1 aromatic rings. The summed E-state index contributed by atoms with van der Waals surface area (Å²) in [6.45, 7) is 13.3. The zero-order valence-electron chi connectivity index (χ0n) is 12.7. The maximum Gasteiger partial charge on any atom is 0.574 e. The summed E-state index contributed by atoms with van der Waals surface area (Å²) < 4.78 is 42.5.